The van der Waals surface area contributed by atoms with Crippen molar-refractivity contribution in [3.8, 4) is 5.88 Å². The van der Waals surface area contributed by atoms with E-state index in [1.54, 1.807) is 31.0 Å². The number of aryl methyl sites for hydroxylation is 1. The monoisotopic (exact) mass is 640 g/mol. The molecular weight excluding hydrogens is 608 g/mol. The molecule has 4 heterocycles. The van der Waals surface area contributed by atoms with Crippen LogP contribution in [0.25, 0.3) is 10.9 Å². The number of rotatable bonds is 8. The van der Waals surface area contributed by atoms with Gasteiger partial charge < -0.3 is 19.9 Å². The van der Waals surface area contributed by atoms with Crippen molar-refractivity contribution >= 4 is 55.8 Å². The van der Waals surface area contributed by atoms with Gasteiger partial charge in [-0.05, 0) is 43.7 Å². The maximum atomic E-state index is 13.6. The van der Waals surface area contributed by atoms with Crippen molar-refractivity contribution in [1.82, 2.24) is 24.2 Å². The highest BCUT2D eigenvalue weighted by Crippen LogP contribution is 2.29. The van der Waals surface area contributed by atoms with Crippen molar-refractivity contribution in [3.05, 3.63) is 74.9 Å². The summed E-state index contributed by atoms with van der Waals surface area (Å²) in [5, 5.41) is 3.74. The average Bonchev–Trinajstić information content (AvgIpc) is 2.99. The second-order valence-electron chi connectivity index (χ2n) is 10.7. The number of ether oxygens (including phenoxy) is 1. The smallest absolute Gasteiger partial charge is 0.285 e. The van der Waals surface area contributed by atoms with E-state index >= 15 is 0 Å². The summed E-state index contributed by atoms with van der Waals surface area (Å²) in [7, 11) is -0.533. The number of nitrogens with zero attached hydrogens (tertiary/aromatic N) is 6. The number of halogens is 1. The molecule has 232 valence electrons. The molecule has 1 amide bonds. The van der Waals surface area contributed by atoms with Crippen LogP contribution in [0.1, 0.15) is 34.6 Å². The Morgan fingerprint density at radius 2 is 1.77 bits per heavy atom. The quantitative estimate of drug-likeness (QED) is 0.274. The van der Waals surface area contributed by atoms with E-state index in [-0.39, 0.29) is 22.1 Å². The number of methoxy groups -OCH3 is 1. The van der Waals surface area contributed by atoms with Crippen molar-refractivity contribution < 1.29 is 17.9 Å². The van der Waals surface area contributed by atoms with Crippen LogP contribution in [-0.2, 0) is 17.1 Å². The molecule has 0 unspecified atom stereocenters. The summed E-state index contributed by atoms with van der Waals surface area (Å²) in [4.78, 5) is 44.1. The summed E-state index contributed by atoms with van der Waals surface area (Å²) in [6.07, 6.45) is 2.66. The third kappa shape index (κ3) is 6.55. The van der Waals surface area contributed by atoms with Crippen LogP contribution in [0.2, 0.25) is 5.15 Å². The molecule has 1 aliphatic rings. The molecule has 0 radical (unpaired) electrons. The van der Waals surface area contributed by atoms with Crippen LogP contribution >= 0.6 is 11.6 Å². The number of nitrogens with one attached hydrogen (secondary N) is 2. The van der Waals surface area contributed by atoms with Gasteiger partial charge in [0, 0.05) is 44.9 Å². The predicted octanol–water partition coefficient (Wildman–Crippen LogP) is 2.88. The largest absolute Gasteiger partial charge is 0.481 e. The van der Waals surface area contributed by atoms with Crippen LogP contribution in [0.4, 0.5) is 17.3 Å². The lowest BCUT2D eigenvalue weighted by Gasteiger charge is -2.37. The summed E-state index contributed by atoms with van der Waals surface area (Å²) in [6, 6.07) is 10.1. The van der Waals surface area contributed by atoms with E-state index in [9.17, 15) is 18.0 Å². The number of amides is 1. The fourth-order valence-corrected chi connectivity index (χ4v) is 5.83. The van der Waals surface area contributed by atoms with E-state index in [4.69, 9.17) is 21.3 Å². The van der Waals surface area contributed by atoms with Gasteiger partial charge in [0.15, 0.2) is 5.69 Å². The van der Waals surface area contributed by atoms with Crippen molar-refractivity contribution in [3.63, 3.8) is 0 Å². The van der Waals surface area contributed by atoms with Crippen LogP contribution in [0.15, 0.2) is 47.4 Å². The standard InChI is InChI=1S/C29H33ClN8O5S/c1-17-14-20(18(2)32-22-7-8-23(30)33-26(22)27(39)35-44(5,41)42)25-21(15-17)28(40)36(3)29(34-25)38-12-10-37(11-13-38)19-6-9-24(43-4)31-16-19/h6-9,14-16,18,32H,10-13H2,1-5H3,(H,35,39)/t18-/m1/s1. The molecule has 0 spiro atoms. The Morgan fingerprint density at radius 1 is 1.07 bits per heavy atom. The SMILES string of the molecule is COc1ccc(N2CCN(c3nc4c([C@@H](C)Nc5ccc(Cl)nc5C(=O)NS(C)(=O)=O)cc(C)cc4c(=O)n3C)CC2)cn1. The minimum absolute atomic E-state index is 0.0287. The maximum Gasteiger partial charge on any atom is 0.285 e. The molecule has 1 saturated heterocycles. The van der Waals surface area contributed by atoms with Crippen molar-refractivity contribution in [1.29, 1.82) is 0 Å². The first kappa shape index (κ1) is 31.0. The van der Waals surface area contributed by atoms with E-state index in [2.05, 4.69) is 25.1 Å². The van der Waals surface area contributed by atoms with Gasteiger partial charge in [0.1, 0.15) is 5.15 Å². The molecule has 4 aromatic rings. The number of carbonyl (C=O) groups is 1. The molecule has 2 N–H and O–H groups in total. The van der Waals surface area contributed by atoms with Gasteiger partial charge in [-0.15, -0.1) is 0 Å². The summed E-state index contributed by atoms with van der Waals surface area (Å²) in [6.45, 7) is 6.46. The lowest BCUT2D eigenvalue weighted by atomic mass is 10.0. The predicted molar refractivity (Wildman–Crippen MR) is 171 cm³/mol. The number of benzene rings is 1. The third-order valence-corrected chi connectivity index (χ3v) is 8.15. The summed E-state index contributed by atoms with van der Waals surface area (Å²) >= 11 is 6.03. The lowest BCUT2D eigenvalue weighted by molar-refractivity contribution is 0.0977. The number of anilines is 3. The molecule has 13 nitrogen and oxygen atoms in total. The molecule has 1 aliphatic heterocycles. The van der Waals surface area contributed by atoms with Gasteiger partial charge in [-0.1, -0.05) is 17.7 Å². The molecule has 3 aromatic heterocycles. The number of piperazine rings is 1. The Hall–Kier alpha value is -4.43. The van der Waals surface area contributed by atoms with Crippen LogP contribution in [0.5, 0.6) is 5.88 Å². The van der Waals surface area contributed by atoms with E-state index < -0.39 is 22.0 Å². The zero-order valence-corrected chi connectivity index (χ0v) is 26.5. The lowest BCUT2D eigenvalue weighted by Crippen LogP contribution is -2.48. The topological polar surface area (TPSA) is 152 Å². The molecule has 0 saturated carbocycles. The Bertz CT molecular complexity index is 1890. The van der Waals surface area contributed by atoms with E-state index in [1.807, 2.05) is 42.8 Å². The van der Waals surface area contributed by atoms with Gasteiger partial charge in [0.2, 0.25) is 21.9 Å². The van der Waals surface area contributed by atoms with Gasteiger partial charge >= 0.3 is 0 Å². The van der Waals surface area contributed by atoms with Gasteiger partial charge in [-0.3, -0.25) is 14.2 Å². The number of aromatic nitrogens is 4. The van der Waals surface area contributed by atoms with Crippen molar-refractivity contribution in [2.75, 3.05) is 54.7 Å². The second-order valence-corrected chi connectivity index (χ2v) is 12.8. The maximum absolute atomic E-state index is 13.6. The highest BCUT2D eigenvalue weighted by molar-refractivity contribution is 7.89. The Kier molecular flexibility index (Phi) is 8.66. The molecule has 5 rings (SSSR count). The molecule has 1 fully saturated rings. The minimum Gasteiger partial charge on any atom is -0.481 e. The number of pyridine rings is 2. The number of hydrogen-bond acceptors (Lipinski definition) is 11. The first-order chi connectivity index (χ1) is 20.8. The number of carbonyl (C=O) groups excluding carboxylic acids is 1. The Morgan fingerprint density at radius 3 is 2.41 bits per heavy atom. The highest BCUT2D eigenvalue weighted by atomic mass is 35.5. The summed E-state index contributed by atoms with van der Waals surface area (Å²) in [5.41, 5.74) is 3.02. The van der Waals surface area contributed by atoms with E-state index in [1.165, 1.54) is 6.07 Å². The van der Waals surface area contributed by atoms with Crippen LogP contribution in [-0.4, -0.2) is 73.4 Å². The van der Waals surface area contributed by atoms with Gasteiger partial charge in [0.25, 0.3) is 11.5 Å². The zero-order chi connectivity index (χ0) is 31.8. The van der Waals surface area contributed by atoms with E-state index in [0.717, 1.165) is 23.1 Å². The van der Waals surface area contributed by atoms with Gasteiger partial charge in [0.05, 0.1) is 47.9 Å². The average molecular weight is 641 g/mol. The third-order valence-electron chi connectivity index (χ3n) is 7.38. The Labute approximate surface area is 259 Å². The second kappa shape index (κ2) is 12.3. The minimum atomic E-state index is -3.84. The molecule has 15 heteroatoms. The molecular formula is C29H33ClN8O5S. The number of hydrogen-bond donors (Lipinski definition) is 2. The first-order valence-corrected chi connectivity index (χ1v) is 16.1. The molecule has 1 atom stereocenters. The number of fused-ring (bicyclic) bond motifs is 1. The molecule has 1 aromatic carbocycles. The molecule has 0 bridgehead atoms. The van der Waals surface area contributed by atoms with E-state index in [0.29, 0.717) is 48.9 Å². The van der Waals surface area contributed by atoms with Crippen molar-refractivity contribution in [2.45, 2.75) is 19.9 Å². The van der Waals surface area contributed by atoms with Gasteiger partial charge in [-0.25, -0.2) is 28.1 Å². The van der Waals surface area contributed by atoms with Crippen LogP contribution in [0, 0.1) is 6.92 Å². The summed E-state index contributed by atoms with van der Waals surface area (Å²) < 4.78 is 32.1. The normalized spacial score (nSPS) is 14.4. The van der Waals surface area contributed by atoms with Gasteiger partial charge in [-0.2, -0.15) is 0 Å². The van der Waals surface area contributed by atoms with Crippen molar-refractivity contribution in [2.24, 2.45) is 7.05 Å². The van der Waals surface area contributed by atoms with Crippen LogP contribution in [0.3, 0.4) is 0 Å². The zero-order valence-electron chi connectivity index (χ0n) is 25.0. The highest BCUT2D eigenvalue weighted by Gasteiger charge is 2.25. The van der Waals surface area contributed by atoms with Crippen LogP contribution < -0.4 is 30.1 Å². The first-order valence-electron chi connectivity index (χ1n) is 13.8. The fourth-order valence-electron chi connectivity index (χ4n) is 5.25. The molecule has 0 aliphatic carbocycles. The summed E-state index contributed by atoms with van der Waals surface area (Å²) in [5.74, 6) is 0.185. The Balaban J connectivity index is 1.46. The number of sulfonamides is 1. The molecule has 44 heavy (non-hydrogen) atoms. The fraction of sp³-hybridized carbons (Fsp3) is 0.345.